The molecule has 0 saturated heterocycles. The molecule has 0 aliphatic heterocycles. The second-order valence-electron chi connectivity index (χ2n) is 4.39. The first kappa shape index (κ1) is 13.5. The molecular weight excluding hydrogens is 322 g/mol. The lowest BCUT2D eigenvalue weighted by Crippen LogP contribution is -2.30. The molecule has 1 fully saturated rings. The van der Waals surface area contributed by atoms with E-state index in [0.29, 0.717) is 22.6 Å². The van der Waals surface area contributed by atoms with Gasteiger partial charge in [-0.05, 0) is 36.1 Å². The fraction of sp³-hybridized carbons (Fsp3) is 0.636. The van der Waals surface area contributed by atoms with Crippen LogP contribution in [0.3, 0.4) is 0 Å². The number of thiophene rings is 1. The molecule has 0 spiro atoms. The Bertz CT molecular complexity index is 444. The molecule has 0 radical (unpaired) electrons. The molecule has 0 aromatic carbocycles. The van der Waals surface area contributed by atoms with E-state index in [9.17, 15) is 8.42 Å². The van der Waals surface area contributed by atoms with Crippen LogP contribution in [0.15, 0.2) is 21.7 Å². The lowest BCUT2D eigenvalue weighted by atomic mass is 9.99. The van der Waals surface area contributed by atoms with Crippen LogP contribution in [0, 0.1) is 11.8 Å². The Balaban J connectivity index is 1.94. The summed E-state index contributed by atoms with van der Waals surface area (Å²) in [6, 6.07) is 3.40. The third-order valence-corrected chi connectivity index (χ3v) is 6.96. The number of rotatable bonds is 5. The van der Waals surface area contributed by atoms with Gasteiger partial charge in [0.05, 0.1) is 0 Å². The molecule has 6 heteroatoms. The molecule has 1 heterocycles. The Labute approximate surface area is 115 Å². The first-order valence-corrected chi connectivity index (χ1v) is 9.21. The van der Waals surface area contributed by atoms with E-state index >= 15 is 0 Å². The van der Waals surface area contributed by atoms with E-state index in [1.165, 1.54) is 24.2 Å². The van der Waals surface area contributed by atoms with Crippen molar-refractivity contribution in [3.8, 4) is 0 Å². The van der Waals surface area contributed by atoms with Gasteiger partial charge in [-0.3, -0.25) is 0 Å². The van der Waals surface area contributed by atoms with Crippen LogP contribution in [0.4, 0.5) is 0 Å². The van der Waals surface area contributed by atoms with Crippen LogP contribution >= 0.6 is 27.3 Å². The smallest absolute Gasteiger partial charge is 0.210 e. The Morgan fingerprint density at radius 1 is 1.41 bits per heavy atom. The summed E-state index contributed by atoms with van der Waals surface area (Å²) in [6.07, 6.45) is 3.54. The predicted octanol–water partition coefficient (Wildman–Crippen LogP) is 2.84. The lowest BCUT2D eigenvalue weighted by molar-refractivity contribution is 0.422. The molecular formula is C11H16BrNO2S2. The number of hydrogen-bond acceptors (Lipinski definition) is 3. The van der Waals surface area contributed by atoms with Crippen molar-refractivity contribution < 1.29 is 8.42 Å². The molecule has 3 nitrogen and oxygen atoms in total. The minimum absolute atomic E-state index is 0.408. The molecule has 1 saturated carbocycles. The van der Waals surface area contributed by atoms with Gasteiger partial charge in [-0.15, -0.1) is 11.3 Å². The molecule has 17 heavy (non-hydrogen) atoms. The van der Waals surface area contributed by atoms with Gasteiger partial charge in [0.1, 0.15) is 4.21 Å². The number of hydrogen-bond donors (Lipinski definition) is 1. The van der Waals surface area contributed by atoms with Crippen molar-refractivity contribution in [3.05, 3.63) is 17.5 Å². The Morgan fingerprint density at radius 3 is 2.82 bits per heavy atom. The molecule has 2 unspecified atom stereocenters. The minimum atomic E-state index is -3.28. The first-order valence-electron chi connectivity index (χ1n) is 5.72. The zero-order valence-corrected chi connectivity index (χ0v) is 12.7. The van der Waals surface area contributed by atoms with Crippen molar-refractivity contribution >= 4 is 37.3 Å². The summed E-state index contributed by atoms with van der Waals surface area (Å²) in [6.45, 7) is 0.566. The number of sulfonamides is 1. The second-order valence-corrected chi connectivity index (χ2v) is 7.98. The van der Waals surface area contributed by atoms with Crippen LogP contribution in [-0.4, -0.2) is 20.3 Å². The summed E-state index contributed by atoms with van der Waals surface area (Å²) in [5.41, 5.74) is 0. The molecule has 1 aromatic rings. The molecule has 2 atom stereocenters. The molecule has 1 aromatic heterocycles. The molecule has 2 rings (SSSR count). The quantitative estimate of drug-likeness (QED) is 0.839. The largest absolute Gasteiger partial charge is 0.250 e. The van der Waals surface area contributed by atoms with E-state index in [4.69, 9.17) is 0 Å². The van der Waals surface area contributed by atoms with Gasteiger partial charge in [0.15, 0.2) is 0 Å². The summed E-state index contributed by atoms with van der Waals surface area (Å²) in [5.74, 6) is 1.09. The monoisotopic (exact) mass is 337 g/mol. The average molecular weight is 338 g/mol. The summed E-state index contributed by atoms with van der Waals surface area (Å²) in [7, 11) is -3.28. The second kappa shape index (κ2) is 5.82. The maximum Gasteiger partial charge on any atom is 0.250 e. The Hall–Kier alpha value is 0.0900. The van der Waals surface area contributed by atoms with Crippen LogP contribution in [0.1, 0.15) is 19.3 Å². The topological polar surface area (TPSA) is 46.2 Å². The fourth-order valence-electron chi connectivity index (χ4n) is 2.29. The van der Waals surface area contributed by atoms with Gasteiger partial charge in [-0.2, -0.15) is 0 Å². The number of halogens is 1. The third-order valence-electron chi connectivity index (χ3n) is 3.31. The van der Waals surface area contributed by atoms with E-state index in [-0.39, 0.29) is 0 Å². The number of nitrogens with one attached hydrogen (secondary N) is 1. The zero-order valence-electron chi connectivity index (χ0n) is 9.43. The molecule has 0 bridgehead atoms. The van der Waals surface area contributed by atoms with Gasteiger partial charge in [-0.25, -0.2) is 13.1 Å². The highest BCUT2D eigenvalue weighted by Crippen LogP contribution is 2.32. The summed E-state index contributed by atoms with van der Waals surface area (Å²) in [4.78, 5) is 0. The van der Waals surface area contributed by atoms with Crippen LogP contribution in [0.2, 0.25) is 0 Å². The molecule has 1 aliphatic rings. The van der Waals surface area contributed by atoms with Crippen LogP contribution in [-0.2, 0) is 10.0 Å². The SMILES string of the molecule is O=S(=O)(NCC1CCCC1CBr)c1cccs1. The highest BCUT2D eigenvalue weighted by molar-refractivity contribution is 9.09. The summed E-state index contributed by atoms with van der Waals surface area (Å²) in [5, 5.41) is 2.75. The maximum atomic E-state index is 11.9. The predicted molar refractivity (Wildman–Crippen MR) is 74.1 cm³/mol. The maximum absolute atomic E-state index is 11.9. The standard InChI is InChI=1S/C11H16BrNO2S2/c12-7-9-3-1-4-10(9)8-13-17(14,15)11-5-2-6-16-11/h2,5-6,9-10,13H,1,3-4,7-8H2. The lowest BCUT2D eigenvalue weighted by Gasteiger charge is -2.17. The van der Waals surface area contributed by atoms with E-state index in [1.54, 1.807) is 17.5 Å². The van der Waals surface area contributed by atoms with Gasteiger partial charge in [0.2, 0.25) is 10.0 Å². The van der Waals surface area contributed by atoms with E-state index < -0.39 is 10.0 Å². The van der Waals surface area contributed by atoms with E-state index in [0.717, 1.165) is 11.8 Å². The highest BCUT2D eigenvalue weighted by Gasteiger charge is 2.27. The fourth-order valence-corrected chi connectivity index (χ4v) is 5.27. The molecule has 96 valence electrons. The Kier molecular flexibility index (Phi) is 4.63. The zero-order chi connectivity index (χ0) is 12.3. The van der Waals surface area contributed by atoms with E-state index in [2.05, 4.69) is 20.7 Å². The van der Waals surface area contributed by atoms with Crippen LogP contribution in [0.25, 0.3) is 0 Å². The van der Waals surface area contributed by atoms with Crippen molar-refractivity contribution in [1.82, 2.24) is 4.72 Å². The molecule has 0 amide bonds. The summed E-state index contributed by atoms with van der Waals surface area (Å²) >= 11 is 4.76. The van der Waals surface area contributed by atoms with Crippen molar-refractivity contribution in [3.63, 3.8) is 0 Å². The average Bonchev–Trinajstić information content (AvgIpc) is 2.97. The van der Waals surface area contributed by atoms with Gasteiger partial charge in [0, 0.05) is 11.9 Å². The van der Waals surface area contributed by atoms with Crippen LogP contribution < -0.4 is 4.72 Å². The first-order chi connectivity index (χ1) is 8.13. The van der Waals surface area contributed by atoms with Gasteiger partial charge in [0.25, 0.3) is 0 Å². The highest BCUT2D eigenvalue weighted by atomic mass is 79.9. The molecule has 1 aliphatic carbocycles. The Morgan fingerprint density at radius 2 is 2.18 bits per heavy atom. The van der Waals surface area contributed by atoms with Gasteiger partial charge >= 0.3 is 0 Å². The minimum Gasteiger partial charge on any atom is -0.210 e. The van der Waals surface area contributed by atoms with Crippen molar-refractivity contribution in [2.24, 2.45) is 11.8 Å². The third kappa shape index (κ3) is 3.30. The van der Waals surface area contributed by atoms with Gasteiger partial charge < -0.3 is 0 Å². The van der Waals surface area contributed by atoms with Crippen LogP contribution in [0.5, 0.6) is 0 Å². The normalized spacial score (nSPS) is 25.2. The van der Waals surface area contributed by atoms with Crippen molar-refractivity contribution in [2.45, 2.75) is 23.5 Å². The van der Waals surface area contributed by atoms with Crippen molar-refractivity contribution in [2.75, 3.05) is 11.9 Å². The summed E-state index contributed by atoms with van der Waals surface area (Å²) < 4.78 is 27.0. The molecule has 1 N–H and O–H groups in total. The van der Waals surface area contributed by atoms with Crippen molar-refractivity contribution in [1.29, 1.82) is 0 Å². The number of alkyl halides is 1. The van der Waals surface area contributed by atoms with E-state index in [1.807, 2.05) is 0 Å². The van der Waals surface area contributed by atoms with Gasteiger partial charge in [-0.1, -0.05) is 28.4 Å².